The van der Waals surface area contributed by atoms with Crippen molar-refractivity contribution in [2.75, 3.05) is 13.2 Å². The van der Waals surface area contributed by atoms with E-state index in [1.807, 2.05) is 0 Å². The molecule has 0 bridgehead atoms. The molecule has 0 radical (unpaired) electrons. The molecule has 0 saturated carbocycles. The van der Waals surface area contributed by atoms with Gasteiger partial charge in [-0.15, -0.1) is 0 Å². The van der Waals surface area contributed by atoms with E-state index in [-0.39, 0.29) is 18.8 Å². The van der Waals surface area contributed by atoms with E-state index in [0.29, 0.717) is 6.42 Å². The summed E-state index contributed by atoms with van der Waals surface area (Å²) in [5.41, 5.74) is -0.753. The average molecular weight is 241 g/mol. The third-order valence-electron chi connectivity index (χ3n) is 2.77. The van der Waals surface area contributed by atoms with Gasteiger partial charge < -0.3 is 15.5 Å². The van der Waals surface area contributed by atoms with Crippen LogP contribution in [0.15, 0.2) is 24.3 Å². The van der Waals surface area contributed by atoms with Crippen molar-refractivity contribution in [1.29, 1.82) is 0 Å². The van der Waals surface area contributed by atoms with Gasteiger partial charge in [-0.1, -0.05) is 6.92 Å². The zero-order chi connectivity index (χ0) is 12.9. The van der Waals surface area contributed by atoms with E-state index in [4.69, 9.17) is 0 Å². The highest BCUT2D eigenvalue weighted by Gasteiger charge is 2.28. The molecule has 1 aromatic carbocycles. The van der Waals surface area contributed by atoms with Crippen LogP contribution in [0.1, 0.15) is 23.7 Å². The summed E-state index contributed by atoms with van der Waals surface area (Å²) >= 11 is 0. The third kappa shape index (κ3) is 3.25. The maximum absolute atomic E-state index is 12.7. The molecule has 0 fully saturated rings. The highest BCUT2D eigenvalue weighted by Crippen LogP contribution is 2.11. The lowest BCUT2D eigenvalue weighted by Crippen LogP contribution is -2.53. The molecule has 0 atom stereocenters. The SMILES string of the molecule is CCC(CO)(CO)NC(=O)c1ccc(F)cc1. The molecule has 0 aliphatic carbocycles. The summed E-state index contributed by atoms with van der Waals surface area (Å²) < 4.78 is 12.7. The lowest BCUT2D eigenvalue weighted by molar-refractivity contribution is 0.0653. The fraction of sp³-hybridized carbons (Fsp3) is 0.417. The molecule has 1 rings (SSSR count). The predicted octanol–water partition coefficient (Wildman–Crippen LogP) is 0.689. The molecule has 0 unspecified atom stereocenters. The first-order chi connectivity index (χ1) is 8.06. The van der Waals surface area contributed by atoms with E-state index in [1.165, 1.54) is 24.3 Å². The maximum Gasteiger partial charge on any atom is 0.251 e. The van der Waals surface area contributed by atoms with Crippen molar-refractivity contribution in [3.05, 3.63) is 35.6 Å². The molecule has 3 N–H and O–H groups in total. The van der Waals surface area contributed by atoms with Crippen LogP contribution in [0, 0.1) is 5.82 Å². The number of aliphatic hydroxyl groups is 2. The number of hydrogen-bond acceptors (Lipinski definition) is 3. The van der Waals surface area contributed by atoms with Crippen LogP contribution in [0.5, 0.6) is 0 Å². The number of hydrogen-bond donors (Lipinski definition) is 3. The van der Waals surface area contributed by atoms with Crippen molar-refractivity contribution < 1.29 is 19.4 Å². The van der Waals surface area contributed by atoms with E-state index in [1.54, 1.807) is 6.92 Å². The summed E-state index contributed by atoms with van der Waals surface area (Å²) in [4.78, 5) is 11.8. The van der Waals surface area contributed by atoms with E-state index in [0.717, 1.165) is 0 Å². The van der Waals surface area contributed by atoms with Crippen molar-refractivity contribution in [1.82, 2.24) is 5.32 Å². The number of aliphatic hydroxyl groups excluding tert-OH is 2. The Morgan fingerprint density at radius 2 is 1.82 bits per heavy atom. The molecule has 1 amide bonds. The van der Waals surface area contributed by atoms with Crippen molar-refractivity contribution >= 4 is 5.91 Å². The van der Waals surface area contributed by atoms with Gasteiger partial charge >= 0.3 is 0 Å². The van der Waals surface area contributed by atoms with Gasteiger partial charge in [-0.3, -0.25) is 4.79 Å². The van der Waals surface area contributed by atoms with E-state index in [2.05, 4.69) is 5.32 Å². The van der Waals surface area contributed by atoms with Crippen LogP contribution in [0.25, 0.3) is 0 Å². The van der Waals surface area contributed by atoms with Gasteiger partial charge in [-0.05, 0) is 30.7 Å². The van der Waals surface area contributed by atoms with Gasteiger partial charge in [0, 0.05) is 5.56 Å². The smallest absolute Gasteiger partial charge is 0.251 e. The molecule has 0 saturated heterocycles. The molecular formula is C12H16FNO3. The predicted molar refractivity (Wildman–Crippen MR) is 61.1 cm³/mol. The molecule has 17 heavy (non-hydrogen) atoms. The summed E-state index contributed by atoms with van der Waals surface area (Å²) in [6.45, 7) is 1.04. The molecule has 0 aliphatic heterocycles. The summed E-state index contributed by atoms with van der Waals surface area (Å²) in [5.74, 6) is -0.873. The van der Waals surface area contributed by atoms with Gasteiger partial charge in [0.2, 0.25) is 0 Å². The van der Waals surface area contributed by atoms with Crippen molar-refractivity contribution in [3.8, 4) is 0 Å². The molecule has 5 heteroatoms. The fourth-order valence-electron chi connectivity index (χ4n) is 1.36. The normalized spacial score (nSPS) is 11.3. The number of rotatable bonds is 5. The second-order valence-corrected chi connectivity index (χ2v) is 3.91. The van der Waals surface area contributed by atoms with Crippen LogP contribution < -0.4 is 5.32 Å². The standard InChI is InChI=1S/C12H16FNO3/c1-2-12(7-15,8-16)14-11(17)9-3-5-10(13)6-4-9/h3-6,15-16H,2,7-8H2,1H3,(H,14,17). The Hall–Kier alpha value is -1.46. The average Bonchev–Trinajstić information content (AvgIpc) is 2.37. The number of carbonyl (C=O) groups excluding carboxylic acids is 1. The Kier molecular flexibility index (Phi) is 4.60. The number of nitrogens with one attached hydrogen (secondary N) is 1. The van der Waals surface area contributed by atoms with Crippen LogP contribution in [0.3, 0.4) is 0 Å². The first-order valence-corrected chi connectivity index (χ1v) is 5.36. The molecule has 0 heterocycles. The summed E-state index contributed by atoms with van der Waals surface area (Å²) in [6.07, 6.45) is 0.396. The van der Waals surface area contributed by atoms with Gasteiger partial charge in [-0.2, -0.15) is 0 Å². The first-order valence-electron chi connectivity index (χ1n) is 5.36. The minimum absolute atomic E-state index is 0.283. The summed E-state index contributed by atoms with van der Waals surface area (Å²) in [7, 11) is 0. The Morgan fingerprint density at radius 3 is 2.24 bits per heavy atom. The third-order valence-corrected chi connectivity index (χ3v) is 2.77. The van der Waals surface area contributed by atoms with Gasteiger partial charge in [-0.25, -0.2) is 4.39 Å². The van der Waals surface area contributed by atoms with E-state index >= 15 is 0 Å². The lowest BCUT2D eigenvalue weighted by Gasteiger charge is -2.29. The first kappa shape index (κ1) is 13.6. The molecule has 0 spiro atoms. The second-order valence-electron chi connectivity index (χ2n) is 3.91. The van der Waals surface area contributed by atoms with E-state index < -0.39 is 17.3 Å². The molecule has 0 aromatic heterocycles. The van der Waals surface area contributed by atoms with Gasteiger partial charge in [0.05, 0.1) is 18.8 Å². The van der Waals surface area contributed by atoms with Crippen LogP contribution in [-0.4, -0.2) is 34.9 Å². The van der Waals surface area contributed by atoms with Crippen molar-refractivity contribution in [3.63, 3.8) is 0 Å². The quantitative estimate of drug-likeness (QED) is 0.710. The van der Waals surface area contributed by atoms with Gasteiger partial charge in [0.15, 0.2) is 0 Å². The molecule has 0 aliphatic rings. The summed E-state index contributed by atoms with van der Waals surface area (Å²) in [5, 5.41) is 20.9. The van der Waals surface area contributed by atoms with Crippen molar-refractivity contribution in [2.45, 2.75) is 18.9 Å². The van der Waals surface area contributed by atoms with Crippen LogP contribution >= 0.6 is 0 Å². The summed E-state index contributed by atoms with van der Waals surface area (Å²) in [6, 6.07) is 5.06. The van der Waals surface area contributed by atoms with Gasteiger partial charge in [0.25, 0.3) is 5.91 Å². The Morgan fingerprint density at radius 1 is 1.29 bits per heavy atom. The largest absolute Gasteiger partial charge is 0.394 e. The highest BCUT2D eigenvalue weighted by molar-refractivity contribution is 5.94. The number of benzene rings is 1. The molecule has 94 valence electrons. The topological polar surface area (TPSA) is 69.6 Å². The number of amides is 1. The highest BCUT2D eigenvalue weighted by atomic mass is 19.1. The molecule has 4 nitrogen and oxygen atoms in total. The van der Waals surface area contributed by atoms with E-state index in [9.17, 15) is 19.4 Å². The fourth-order valence-corrected chi connectivity index (χ4v) is 1.36. The Balaban J connectivity index is 2.81. The van der Waals surface area contributed by atoms with Crippen LogP contribution in [0.2, 0.25) is 0 Å². The lowest BCUT2D eigenvalue weighted by atomic mass is 9.98. The van der Waals surface area contributed by atoms with Crippen LogP contribution in [-0.2, 0) is 0 Å². The zero-order valence-corrected chi connectivity index (χ0v) is 9.61. The number of halogens is 1. The Labute approximate surface area is 99.1 Å². The number of carbonyl (C=O) groups is 1. The minimum atomic E-state index is -1.04. The molecule has 1 aromatic rings. The minimum Gasteiger partial charge on any atom is -0.394 e. The van der Waals surface area contributed by atoms with Crippen LogP contribution in [0.4, 0.5) is 4.39 Å². The second kappa shape index (κ2) is 5.75. The Bertz CT molecular complexity index is 366. The van der Waals surface area contributed by atoms with Crippen molar-refractivity contribution in [2.24, 2.45) is 0 Å². The molecular weight excluding hydrogens is 225 g/mol. The monoisotopic (exact) mass is 241 g/mol. The zero-order valence-electron chi connectivity index (χ0n) is 9.61. The maximum atomic E-state index is 12.7. The van der Waals surface area contributed by atoms with Gasteiger partial charge in [0.1, 0.15) is 5.82 Å².